The van der Waals surface area contributed by atoms with Crippen molar-refractivity contribution in [3.8, 4) is 0 Å². The molecule has 7 atom stereocenters. The molecule has 2 unspecified atom stereocenters. The van der Waals surface area contributed by atoms with Gasteiger partial charge in [0.15, 0.2) is 18.7 Å². The third kappa shape index (κ3) is 5.70. The van der Waals surface area contributed by atoms with E-state index in [0.29, 0.717) is 31.6 Å². The Labute approximate surface area is 253 Å². The van der Waals surface area contributed by atoms with Crippen LogP contribution in [0.25, 0.3) is 0 Å². The predicted octanol–water partition coefficient (Wildman–Crippen LogP) is 5.10. The number of ether oxygens (including phenoxy) is 6. The molecule has 0 radical (unpaired) electrons. The van der Waals surface area contributed by atoms with Crippen LogP contribution in [-0.2, 0) is 38.0 Å². The molecule has 5 aliphatic rings. The molecule has 234 valence electrons. The zero-order valence-electron chi connectivity index (χ0n) is 25.3. The Balaban J connectivity index is 1.04. The van der Waals surface area contributed by atoms with Crippen LogP contribution in [0, 0.1) is 10.8 Å². The molecular formula is C34H44O9. The van der Waals surface area contributed by atoms with Crippen molar-refractivity contribution < 1.29 is 42.8 Å². The van der Waals surface area contributed by atoms with E-state index in [0.717, 1.165) is 38.5 Å². The molecule has 6 rings (SSSR count). The maximum atomic E-state index is 13.0. The zero-order chi connectivity index (χ0) is 30.1. The number of hydrogen-bond donors (Lipinski definition) is 0. The lowest BCUT2D eigenvalue weighted by Gasteiger charge is -2.58. The SMILES string of the molecule is CC1=C[C@H]2O[C@@H]3C[C@@H](OC4CCCCO4)[C@@](C)(C34CO4)[C@@]2(COC(=O)CCCCC(=O)OCC(=O)c2ccccc2)CC1. The molecule has 2 bridgehead atoms. The van der Waals surface area contributed by atoms with E-state index in [9.17, 15) is 14.4 Å². The molecule has 43 heavy (non-hydrogen) atoms. The molecule has 1 aromatic rings. The largest absolute Gasteiger partial charge is 0.465 e. The first-order valence-corrected chi connectivity index (χ1v) is 15.9. The Morgan fingerprint density at radius 1 is 1.02 bits per heavy atom. The summed E-state index contributed by atoms with van der Waals surface area (Å²) in [5.41, 5.74) is 0.463. The molecule has 0 N–H and O–H groups in total. The number of hydrogen-bond acceptors (Lipinski definition) is 9. The maximum absolute atomic E-state index is 13.0. The van der Waals surface area contributed by atoms with Crippen LogP contribution in [0.3, 0.4) is 0 Å². The first-order chi connectivity index (χ1) is 20.8. The number of benzene rings is 1. The number of fused-ring (bicyclic) bond motifs is 2. The van der Waals surface area contributed by atoms with E-state index < -0.39 is 22.4 Å². The van der Waals surface area contributed by atoms with Crippen LogP contribution in [0.1, 0.15) is 88.4 Å². The molecule has 1 saturated carbocycles. The third-order valence-corrected chi connectivity index (χ3v) is 10.6. The van der Waals surface area contributed by atoms with Gasteiger partial charge in [-0.3, -0.25) is 14.4 Å². The molecule has 9 heteroatoms. The van der Waals surface area contributed by atoms with Crippen molar-refractivity contribution >= 4 is 17.7 Å². The fraction of sp³-hybridized carbons (Fsp3) is 0.676. The van der Waals surface area contributed by atoms with E-state index in [-0.39, 0.29) is 62.4 Å². The standard InChI is InChI=1S/C34H44O9/c1-23-15-16-33(21-40-30(37)13-7-6-12-29(36)39-20-25(35)24-10-4-3-5-11-24)27(18-23)42-28-19-26(32(33,2)34(28)22-41-34)43-31-14-8-9-17-38-31/h3-5,10-11,18,26-28,31H,6-9,12-17,19-22H2,1-2H3/t26-,27-,28-,31?,32-,33-,34?/m1/s1. The summed E-state index contributed by atoms with van der Waals surface area (Å²) in [5, 5.41) is 0. The van der Waals surface area contributed by atoms with E-state index >= 15 is 0 Å². The van der Waals surface area contributed by atoms with Gasteiger partial charge in [0.1, 0.15) is 12.2 Å². The lowest BCUT2D eigenvalue weighted by Crippen LogP contribution is -2.67. The number of ketones is 1. The van der Waals surface area contributed by atoms with E-state index in [4.69, 9.17) is 28.4 Å². The van der Waals surface area contributed by atoms with Crippen LogP contribution >= 0.6 is 0 Å². The van der Waals surface area contributed by atoms with Gasteiger partial charge in [-0.15, -0.1) is 0 Å². The third-order valence-electron chi connectivity index (χ3n) is 10.6. The van der Waals surface area contributed by atoms with E-state index in [1.807, 2.05) is 6.07 Å². The van der Waals surface area contributed by atoms with Crippen molar-refractivity contribution in [2.75, 3.05) is 26.4 Å². The van der Waals surface area contributed by atoms with Gasteiger partial charge in [-0.25, -0.2) is 0 Å². The number of Topliss-reactive ketones (excluding diaryl/α,β-unsaturated/α-hetero) is 1. The molecule has 3 saturated heterocycles. The minimum atomic E-state index is -0.486. The molecule has 1 aromatic carbocycles. The average Bonchev–Trinajstić information content (AvgIpc) is 3.80. The fourth-order valence-corrected chi connectivity index (χ4v) is 7.91. The second-order valence-electron chi connectivity index (χ2n) is 13.1. The normalized spacial score (nSPS) is 36.0. The van der Waals surface area contributed by atoms with Gasteiger partial charge in [-0.2, -0.15) is 0 Å². The van der Waals surface area contributed by atoms with Gasteiger partial charge < -0.3 is 28.4 Å². The zero-order valence-corrected chi connectivity index (χ0v) is 25.3. The van der Waals surface area contributed by atoms with Crippen LogP contribution in [0.15, 0.2) is 42.0 Å². The highest BCUT2D eigenvalue weighted by atomic mass is 16.7. The molecule has 1 spiro atoms. The Bertz CT molecular complexity index is 1220. The molecule has 3 heterocycles. The summed E-state index contributed by atoms with van der Waals surface area (Å²) in [6.45, 7) is 5.67. The number of epoxide rings is 1. The molecule has 4 fully saturated rings. The highest BCUT2D eigenvalue weighted by molar-refractivity contribution is 5.97. The van der Waals surface area contributed by atoms with Gasteiger partial charge >= 0.3 is 11.9 Å². The Morgan fingerprint density at radius 3 is 2.47 bits per heavy atom. The molecule has 0 aromatic heterocycles. The number of unbranched alkanes of at least 4 members (excludes halogenated alkanes) is 1. The Morgan fingerprint density at radius 2 is 1.77 bits per heavy atom. The summed E-state index contributed by atoms with van der Waals surface area (Å²) in [7, 11) is 0. The lowest BCUT2D eigenvalue weighted by atomic mass is 9.51. The highest BCUT2D eigenvalue weighted by Gasteiger charge is 2.82. The fourth-order valence-electron chi connectivity index (χ4n) is 7.91. The summed E-state index contributed by atoms with van der Waals surface area (Å²) >= 11 is 0. The monoisotopic (exact) mass is 596 g/mol. The quantitative estimate of drug-likeness (QED) is 0.107. The smallest absolute Gasteiger partial charge is 0.306 e. The molecule has 3 aliphatic heterocycles. The summed E-state index contributed by atoms with van der Waals surface area (Å²) in [5.74, 6) is -0.988. The number of carbonyl (C=O) groups excluding carboxylic acids is 3. The van der Waals surface area contributed by atoms with Gasteiger partial charge in [0, 0.05) is 42.3 Å². The summed E-state index contributed by atoms with van der Waals surface area (Å²) in [6, 6.07) is 8.73. The predicted molar refractivity (Wildman–Crippen MR) is 155 cm³/mol. The van der Waals surface area contributed by atoms with Gasteiger partial charge in [-0.1, -0.05) is 48.9 Å². The first-order valence-electron chi connectivity index (χ1n) is 15.9. The first kappa shape index (κ1) is 30.4. The van der Waals surface area contributed by atoms with Crippen molar-refractivity contribution in [3.63, 3.8) is 0 Å². The molecule has 2 aliphatic carbocycles. The Kier molecular flexibility index (Phi) is 8.79. The van der Waals surface area contributed by atoms with E-state index in [2.05, 4.69) is 19.9 Å². The van der Waals surface area contributed by atoms with Gasteiger partial charge in [0.2, 0.25) is 0 Å². The number of esters is 2. The van der Waals surface area contributed by atoms with Crippen molar-refractivity contribution in [1.29, 1.82) is 0 Å². The van der Waals surface area contributed by atoms with Crippen molar-refractivity contribution in [1.82, 2.24) is 0 Å². The van der Waals surface area contributed by atoms with Gasteiger partial charge in [0.25, 0.3) is 0 Å². The van der Waals surface area contributed by atoms with Crippen molar-refractivity contribution in [2.45, 2.75) is 108 Å². The second kappa shape index (κ2) is 12.4. The van der Waals surface area contributed by atoms with Crippen molar-refractivity contribution in [3.05, 3.63) is 47.5 Å². The van der Waals surface area contributed by atoms with Crippen LogP contribution in [-0.4, -0.2) is 74.4 Å². The van der Waals surface area contributed by atoms with Crippen LogP contribution in [0.5, 0.6) is 0 Å². The Hall–Kier alpha value is -2.59. The van der Waals surface area contributed by atoms with Gasteiger partial charge in [-0.05, 0) is 51.9 Å². The minimum Gasteiger partial charge on any atom is -0.465 e. The van der Waals surface area contributed by atoms with Crippen LogP contribution in [0.2, 0.25) is 0 Å². The number of carbonyl (C=O) groups is 3. The van der Waals surface area contributed by atoms with Crippen molar-refractivity contribution in [2.24, 2.45) is 10.8 Å². The number of allylic oxidation sites excluding steroid dienone is 1. The van der Waals surface area contributed by atoms with E-state index in [1.165, 1.54) is 5.57 Å². The lowest BCUT2D eigenvalue weighted by molar-refractivity contribution is -0.260. The number of rotatable bonds is 12. The van der Waals surface area contributed by atoms with Gasteiger partial charge in [0.05, 0.1) is 24.9 Å². The average molecular weight is 597 g/mol. The summed E-state index contributed by atoms with van der Waals surface area (Å²) in [4.78, 5) is 37.3. The molecule has 9 nitrogen and oxygen atoms in total. The topological polar surface area (TPSA) is 110 Å². The molecular weight excluding hydrogens is 552 g/mol. The summed E-state index contributed by atoms with van der Waals surface area (Å²) < 4.78 is 36.8. The molecule has 0 amide bonds. The minimum absolute atomic E-state index is 0.0650. The highest BCUT2D eigenvalue weighted by Crippen LogP contribution is 2.72. The second-order valence-corrected chi connectivity index (χ2v) is 13.1. The van der Waals surface area contributed by atoms with E-state index in [1.54, 1.807) is 24.3 Å². The van der Waals surface area contributed by atoms with Crippen LogP contribution < -0.4 is 0 Å². The maximum Gasteiger partial charge on any atom is 0.306 e. The van der Waals surface area contributed by atoms with Crippen LogP contribution in [0.4, 0.5) is 0 Å². The summed E-state index contributed by atoms with van der Waals surface area (Å²) in [6.07, 6.45) is 8.39.